The quantitative estimate of drug-likeness (QED) is 0.748. The molecule has 0 radical (unpaired) electrons. The van der Waals surface area contributed by atoms with Crippen LogP contribution in [0.4, 0.5) is 19.0 Å². The van der Waals surface area contributed by atoms with Crippen LogP contribution < -0.4 is 5.73 Å². The van der Waals surface area contributed by atoms with Gasteiger partial charge in [-0.2, -0.15) is 13.2 Å². The smallest absolute Gasteiger partial charge is 0.384 e. The lowest BCUT2D eigenvalue weighted by Crippen LogP contribution is -2.05. The van der Waals surface area contributed by atoms with Crippen LogP contribution in [0.3, 0.4) is 0 Å². The summed E-state index contributed by atoms with van der Waals surface area (Å²) < 4.78 is 38.2. The van der Waals surface area contributed by atoms with Crippen LogP contribution in [-0.2, 0) is 6.18 Å². The molecule has 0 spiro atoms. The van der Waals surface area contributed by atoms with Crippen LogP contribution in [0.5, 0.6) is 0 Å². The van der Waals surface area contributed by atoms with Gasteiger partial charge in [0, 0.05) is 8.96 Å². The predicted molar refractivity (Wildman–Crippen MR) is 63.9 cm³/mol. The monoisotopic (exact) mass is 338 g/mol. The summed E-state index contributed by atoms with van der Waals surface area (Å²) in [5, 5.41) is 0.669. The number of aromatic nitrogens is 1. The van der Waals surface area contributed by atoms with Crippen LogP contribution in [0.1, 0.15) is 5.56 Å². The van der Waals surface area contributed by atoms with Crippen molar-refractivity contribution in [2.24, 2.45) is 0 Å². The number of rotatable bonds is 0. The predicted octanol–water partition coefficient (Wildman–Crippen LogP) is 3.44. The van der Waals surface area contributed by atoms with Gasteiger partial charge < -0.3 is 5.73 Å². The van der Waals surface area contributed by atoms with E-state index in [4.69, 9.17) is 5.73 Å². The van der Waals surface area contributed by atoms with Crippen molar-refractivity contribution in [1.82, 2.24) is 4.98 Å². The van der Waals surface area contributed by atoms with Crippen LogP contribution in [0.25, 0.3) is 10.9 Å². The van der Waals surface area contributed by atoms with Crippen LogP contribution in [-0.4, -0.2) is 4.98 Å². The first-order valence-electron chi connectivity index (χ1n) is 4.31. The molecule has 2 N–H and O–H groups in total. The summed E-state index contributed by atoms with van der Waals surface area (Å²) in [6.07, 6.45) is -4.36. The molecule has 1 aromatic heterocycles. The van der Waals surface area contributed by atoms with E-state index >= 15 is 0 Å². The SMILES string of the molecule is Nc1cc(I)c2ccc(C(F)(F)F)cc2n1. The van der Waals surface area contributed by atoms with Gasteiger partial charge in [-0.3, -0.25) is 0 Å². The first-order chi connectivity index (χ1) is 7.38. The number of fused-ring (bicyclic) bond motifs is 1. The van der Waals surface area contributed by atoms with E-state index in [1.54, 1.807) is 6.07 Å². The number of nitrogens with zero attached hydrogens (tertiary/aromatic N) is 1. The third-order valence-electron chi connectivity index (χ3n) is 2.11. The number of pyridine rings is 1. The summed E-state index contributed by atoms with van der Waals surface area (Å²) in [4.78, 5) is 3.88. The second kappa shape index (κ2) is 3.76. The number of halogens is 4. The standard InChI is InChI=1S/C10H6F3IN2/c11-10(12,13)5-1-2-6-7(14)4-9(15)16-8(6)3-5/h1-4H,(H2,15,16). The minimum Gasteiger partial charge on any atom is -0.384 e. The number of hydrogen-bond donors (Lipinski definition) is 1. The lowest BCUT2D eigenvalue weighted by atomic mass is 10.1. The molecule has 0 bridgehead atoms. The fourth-order valence-electron chi connectivity index (χ4n) is 1.38. The zero-order chi connectivity index (χ0) is 11.9. The minimum atomic E-state index is -4.36. The summed E-state index contributed by atoms with van der Waals surface area (Å²) in [5.41, 5.74) is 5.04. The Kier molecular flexibility index (Phi) is 2.69. The molecule has 0 saturated heterocycles. The van der Waals surface area contributed by atoms with Crippen LogP contribution in [0, 0.1) is 3.57 Å². The largest absolute Gasteiger partial charge is 0.416 e. The highest BCUT2D eigenvalue weighted by Crippen LogP contribution is 2.32. The molecule has 0 saturated carbocycles. The fourth-order valence-corrected chi connectivity index (χ4v) is 2.16. The van der Waals surface area contributed by atoms with Crippen molar-refractivity contribution in [3.05, 3.63) is 33.4 Å². The van der Waals surface area contributed by atoms with Gasteiger partial charge in [0.1, 0.15) is 5.82 Å². The zero-order valence-corrected chi connectivity index (χ0v) is 10.0. The first-order valence-corrected chi connectivity index (χ1v) is 5.39. The van der Waals surface area contributed by atoms with Gasteiger partial charge in [-0.25, -0.2) is 4.98 Å². The van der Waals surface area contributed by atoms with Crippen molar-refractivity contribution in [2.45, 2.75) is 6.18 Å². The van der Waals surface area contributed by atoms with E-state index in [-0.39, 0.29) is 11.3 Å². The Morgan fingerprint density at radius 1 is 1.19 bits per heavy atom. The van der Waals surface area contributed by atoms with Crippen LogP contribution in [0.15, 0.2) is 24.3 Å². The van der Waals surface area contributed by atoms with E-state index in [9.17, 15) is 13.2 Å². The molecule has 0 aliphatic rings. The highest BCUT2D eigenvalue weighted by Gasteiger charge is 2.30. The number of benzene rings is 1. The van der Waals surface area contributed by atoms with Gasteiger partial charge in [0.2, 0.25) is 0 Å². The van der Waals surface area contributed by atoms with Gasteiger partial charge in [-0.1, -0.05) is 6.07 Å². The molecule has 16 heavy (non-hydrogen) atoms. The van der Waals surface area contributed by atoms with Crippen LogP contribution >= 0.6 is 22.6 Å². The molecule has 0 fully saturated rings. The second-order valence-electron chi connectivity index (χ2n) is 3.26. The molecule has 6 heteroatoms. The maximum Gasteiger partial charge on any atom is 0.416 e. The van der Waals surface area contributed by atoms with Gasteiger partial charge in [-0.15, -0.1) is 0 Å². The van der Waals surface area contributed by atoms with E-state index < -0.39 is 11.7 Å². The van der Waals surface area contributed by atoms with Crippen molar-refractivity contribution in [2.75, 3.05) is 5.73 Å². The Labute approximate surface area is 103 Å². The third kappa shape index (κ3) is 2.06. The third-order valence-corrected chi connectivity index (χ3v) is 3.00. The zero-order valence-electron chi connectivity index (χ0n) is 7.85. The highest BCUT2D eigenvalue weighted by atomic mass is 127. The van der Waals surface area contributed by atoms with Gasteiger partial charge >= 0.3 is 6.18 Å². The lowest BCUT2D eigenvalue weighted by molar-refractivity contribution is -0.137. The summed E-state index contributed by atoms with van der Waals surface area (Å²) in [5.74, 6) is 0.219. The number of hydrogen-bond acceptors (Lipinski definition) is 2. The molecule has 0 unspecified atom stereocenters. The van der Waals surface area contributed by atoms with Gasteiger partial charge in [-0.05, 0) is 40.8 Å². The average molecular weight is 338 g/mol. The van der Waals surface area contributed by atoms with Crippen molar-refractivity contribution >= 4 is 39.3 Å². The molecule has 2 aromatic rings. The van der Waals surface area contributed by atoms with Gasteiger partial charge in [0.15, 0.2) is 0 Å². The van der Waals surface area contributed by atoms with Gasteiger partial charge in [0.05, 0.1) is 11.1 Å². The summed E-state index contributed by atoms with van der Waals surface area (Å²) in [6, 6.07) is 5.08. The molecule has 1 heterocycles. The summed E-state index contributed by atoms with van der Waals surface area (Å²) in [6.45, 7) is 0. The normalized spacial score (nSPS) is 12.0. The number of alkyl halides is 3. The topological polar surface area (TPSA) is 38.9 Å². The number of nitrogens with two attached hydrogens (primary N) is 1. The second-order valence-corrected chi connectivity index (χ2v) is 4.42. The summed E-state index contributed by atoms with van der Waals surface area (Å²) >= 11 is 2.02. The summed E-state index contributed by atoms with van der Waals surface area (Å²) in [7, 11) is 0. The molecule has 2 rings (SSSR count). The van der Waals surface area contributed by atoms with E-state index in [1.165, 1.54) is 6.07 Å². The average Bonchev–Trinajstić information content (AvgIpc) is 2.15. The Morgan fingerprint density at radius 2 is 1.88 bits per heavy atom. The molecular formula is C10H6F3IN2. The van der Waals surface area contributed by atoms with E-state index in [1.807, 2.05) is 22.6 Å². The molecule has 0 amide bonds. The Morgan fingerprint density at radius 3 is 2.50 bits per heavy atom. The minimum absolute atomic E-state index is 0.219. The maximum absolute atomic E-state index is 12.5. The maximum atomic E-state index is 12.5. The molecular weight excluding hydrogens is 332 g/mol. The van der Waals surface area contributed by atoms with E-state index in [0.717, 1.165) is 15.7 Å². The first kappa shape index (κ1) is 11.4. The molecule has 84 valence electrons. The molecule has 0 aliphatic heterocycles. The van der Waals surface area contributed by atoms with Gasteiger partial charge in [0.25, 0.3) is 0 Å². The lowest BCUT2D eigenvalue weighted by Gasteiger charge is -2.08. The molecule has 0 aliphatic carbocycles. The number of anilines is 1. The Balaban J connectivity index is 2.71. The van der Waals surface area contributed by atoms with Crippen molar-refractivity contribution in [3.63, 3.8) is 0 Å². The van der Waals surface area contributed by atoms with Crippen LogP contribution in [0.2, 0.25) is 0 Å². The highest BCUT2D eigenvalue weighted by molar-refractivity contribution is 14.1. The fraction of sp³-hybridized carbons (Fsp3) is 0.100. The van der Waals surface area contributed by atoms with E-state index in [0.29, 0.717) is 5.39 Å². The van der Waals surface area contributed by atoms with Crippen molar-refractivity contribution < 1.29 is 13.2 Å². The van der Waals surface area contributed by atoms with E-state index in [2.05, 4.69) is 4.98 Å². The molecule has 2 nitrogen and oxygen atoms in total. The molecule has 1 aromatic carbocycles. The number of nitrogen functional groups attached to an aromatic ring is 1. The van der Waals surface area contributed by atoms with Crippen molar-refractivity contribution in [3.8, 4) is 0 Å². The van der Waals surface area contributed by atoms with Crippen molar-refractivity contribution in [1.29, 1.82) is 0 Å². The Hall–Kier alpha value is -1.05. The Bertz CT molecular complexity index is 551. The molecule has 0 atom stereocenters.